The van der Waals surface area contributed by atoms with E-state index in [9.17, 15) is 4.79 Å². The van der Waals surface area contributed by atoms with Gasteiger partial charge in [-0.15, -0.1) is 0 Å². The van der Waals surface area contributed by atoms with E-state index in [0.717, 1.165) is 61.9 Å². The first-order chi connectivity index (χ1) is 16.6. The third-order valence-corrected chi connectivity index (χ3v) is 6.16. The van der Waals surface area contributed by atoms with Crippen molar-refractivity contribution in [2.24, 2.45) is 0 Å². The van der Waals surface area contributed by atoms with Gasteiger partial charge in [-0.25, -0.2) is 14.8 Å². The number of urea groups is 1. The Morgan fingerprint density at radius 1 is 1.24 bits per heavy atom. The van der Waals surface area contributed by atoms with Gasteiger partial charge in [-0.1, -0.05) is 51.4 Å². The topological polar surface area (TPSA) is 107 Å². The van der Waals surface area contributed by atoms with Crippen LogP contribution in [0.25, 0.3) is 11.0 Å². The van der Waals surface area contributed by atoms with Gasteiger partial charge in [0.25, 0.3) is 0 Å². The minimum Gasteiger partial charge on any atom is -0.382 e. The second-order valence-corrected chi connectivity index (χ2v) is 8.94. The summed E-state index contributed by atoms with van der Waals surface area (Å²) in [4.78, 5) is 21.2. The van der Waals surface area contributed by atoms with Crippen molar-refractivity contribution in [1.82, 2.24) is 25.2 Å². The largest absolute Gasteiger partial charge is 0.382 e. The number of anilines is 1. The SMILES string of the molecule is CCCCC#Cc1cnc(N)c2nc(CCC)n(CCOCCNC(=O)NC3CCCCC3)c12. The molecule has 8 nitrogen and oxygen atoms in total. The van der Waals surface area contributed by atoms with Gasteiger partial charge in [-0.3, -0.25) is 0 Å². The van der Waals surface area contributed by atoms with Crippen LogP contribution in [0.4, 0.5) is 10.6 Å². The number of nitrogens with one attached hydrogen (secondary N) is 2. The molecule has 2 aromatic heterocycles. The molecular weight excluding hydrogens is 428 g/mol. The van der Waals surface area contributed by atoms with Crippen LogP contribution in [0.3, 0.4) is 0 Å². The second-order valence-electron chi connectivity index (χ2n) is 8.94. The number of ether oxygens (including phenoxy) is 1. The monoisotopic (exact) mass is 468 g/mol. The Kier molecular flexibility index (Phi) is 10.5. The van der Waals surface area contributed by atoms with Crippen molar-refractivity contribution in [1.29, 1.82) is 0 Å². The van der Waals surface area contributed by atoms with Gasteiger partial charge in [0, 0.05) is 38.2 Å². The summed E-state index contributed by atoms with van der Waals surface area (Å²) in [5.41, 5.74) is 8.67. The molecular formula is C26H40N6O2. The van der Waals surface area contributed by atoms with Gasteiger partial charge in [0.1, 0.15) is 11.3 Å². The number of fused-ring (bicyclic) bond motifs is 1. The van der Waals surface area contributed by atoms with Gasteiger partial charge in [0.05, 0.1) is 24.3 Å². The van der Waals surface area contributed by atoms with Gasteiger partial charge < -0.3 is 25.7 Å². The first kappa shape index (κ1) is 25.8. The van der Waals surface area contributed by atoms with Crippen LogP contribution in [0, 0.1) is 11.8 Å². The highest BCUT2D eigenvalue weighted by molar-refractivity contribution is 5.90. The fraction of sp³-hybridized carbons (Fsp3) is 0.654. The molecule has 34 heavy (non-hydrogen) atoms. The summed E-state index contributed by atoms with van der Waals surface area (Å²) in [7, 11) is 0. The smallest absolute Gasteiger partial charge is 0.315 e. The van der Waals surface area contributed by atoms with Gasteiger partial charge in [0.2, 0.25) is 0 Å². The predicted octanol–water partition coefficient (Wildman–Crippen LogP) is 4.16. The van der Waals surface area contributed by atoms with Crippen molar-refractivity contribution >= 4 is 22.9 Å². The Balaban J connectivity index is 1.57. The zero-order valence-corrected chi connectivity index (χ0v) is 20.8. The van der Waals surface area contributed by atoms with E-state index in [0.29, 0.717) is 43.7 Å². The molecule has 4 N–H and O–H groups in total. The summed E-state index contributed by atoms with van der Waals surface area (Å²) in [6, 6.07) is 0.206. The minimum absolute atomic E-state index is 0.101. The maximum absolute atomic E-state index is 12.1. The number of amides is 2. The number of carbonyl (C=O) groups is 1. The standard InChI is InChI=1S/C26H40N6O2/c1-3-5-6-8-12-20-19-29-25(27)23-24(20)32(22(31-23)11-4-2)16-18-34-17-15-28-26(33)30-21-13-9-7-10-14-21/h19,21H,3-7,9-11,13-18H2,1-2H3,(H2,27,29)(H2,28,30,33). The van der Waals surface area contributed by atoms with Crippen molar-refractivity contribution < 1.29 is 9.53 Å². The molecule has 1 saturated carbocycles. The Labute approximate surface area is 203 Å². The number of carbonyl (C=O) groups excluding carboxylic acids is 1. The van der Waals surface area contributed by atoms with Gasteiger partial charge in [0.15, 0.2) is 5.82 Å². The van der Waals surface area contributed by atoms with E-state index in [-0.39, 0.29) is 6.03 Å². The number of unbranched alkanes of at least 4 members (excludes halogenated alkanes) is 2. The van der Waals surface area contributed by atoms with Gasteiger partial charge in [-0.2, -0.15) is 0 Å². The Hall–Kier alpha value is -2.79. The van der Waals surface area contributed by atoms with Crippen molar-refractivity contribution in [2.45, 2.75) is 90.6 Å². The van der Waals surface area contributed by atoms with E-state index in [1.165, 1.54) is 19.3 Å². The van der Waals surface area contributed by atoms with Crippen LogP contribution in [-0.2, 0) is 17.7 Å². The molecule has 2 amide bonds. The summed E-state index contributed by atoms with van der Waals surface area (Å²) in [6.07, 6.45) is 12.5. The van der Waals surface area contributed by atoms with Crippen molar-refractivity contribution in [3.63, 3.8) is 0 Å². The van der Waals surface area contributed by atoms with Crippen LogP contribution in [0.15, 0.2) is 6.20 Å². The lowest BCUT2D eigenvalue weighted by Crippen LogP contribution is -2.43. The Morgan fingerprint density at radius 3 is 2.82 bits per heavy atom. The molecule has 0 atom stereocenters. The number of pyridine rings is 1. The number of nitrogen functional groups attached to an aromatic ring is 1. The van der Waals surface area contributed by atoms with Crippen LogP contribution in [0.1, 0.15) is 83.0 Å². The molecule has 0 aliphatic heterocycles. The van der Waals surface area contributed by atoms with Gasteiger partial charge in [-0.05, 0) is 25.7 Å². The minimum atomic E-state index is -0.101. The maximum atomic E-state index is 12.1. The van der Waals surface area contributed by atoms with Crippen molar-refractivity contribution in [3.05, 3.63) is 17.6 Å². The highest BCUT2D eigenvalue weighted by Gasteiger charge is 2.17. The highest BCUT2D eigenvalue weighted by Crippen LogP contribution is 2.24. The zero-order valence-electron chi connectivity index (χ0n) is 20.8. The molecule has 0 aromatic carbocycles. The molecule has 1 fully saturated rings. The predicted molar refractivity (Wildman–Crippen MR) is 137 cm³/mol. The number of hydrogen-bond donors (Lipinski definition) is 3. The van der Waals surface area contributed by atoms with Crippen LogP contribution in [0.2, 0.25) is 0 Å². The maximum Gasteiger partial charge on any atom is 0.315 e. The van der Waals surface area contributed by atoms with Crippen molar-refractivity contribution in [3.8, 4) is 11.8 Å². The lowest BCUT2D eigenvalue weighted by Gasteiger charge is -2.22. The number of aryl methyl sites for hydroxylation is 1. The molecule has 186 valence electrons. The van der Waals surface area contributed by atoms with E-state index < -0.39 is 0 Å². The summed E-state index contributed by atoms with van der Waals surface area (Å²) < 4.78 is 8.01. The van der Waals surface area contributed by atoms with Crippen LogP contribution in [-0.4, -0.2) is 46.4 Å². The average Bonchev–Trinajstić information content (AvgIpc) is 3.20. The van der Waals surface area contributed by atoms with Crippen molar-refractivity contribution in [2.75, 3.05) is 25.5 Å². The molecule has 0 bridgehead atoms. The number of rotatable bonds is 11. The summed E-state index contributed by atoms with van der Waals surface area (Å²) >= 11 is 0. The molecule has 8 heteroatoms. The fourth-order valence-electron chi connectivity index (χ4n) is 4.35. The lowest BCUT2D eigenvalue weighted by atomic mass is 9.96. The number of hydrogen-bond acceptors (Lipinski definition) is 5. The summed E-state index contributed by atoms with van der Waals surface area (Å²) in [5.74, 6) is 7.94. The summed E-state index contributed by atoms with van der Waals surface area (Å²) in [5, 5.41) is 5.96. The molecule has 2 heterocycles. The average molecular weight is 469 g/mol. The van der Waals surface area contributed by atoms with E-state index in [2.05, 4.69) is 45.9 Å². The molecule has 0 radical (unpaired) electrons. The first-order valence-electron chi connectivity index (χ1n) is 12.9. The Bertz CT molecular complexity index is 985. The molecule has 2 aromatic rings. The third-order valence-electron chi connectivity index (χ3n) is 6.16. The second kappa shape index (κ2) is 13.8. The van der Waals surface area contributed by atoms with E-state index in [1.807, 2.05) is 0 Å². The van der Waals surface area contributed by atoms with E-state index in [1.54, 1.807) is 6.20 Å². The zero-order chi connectivity index (χ0) is 24.2. The van der Waals surface area contributed by atoms with Crippen LogP contribution >= 0.6 is 0 Å². The number of aromatic nitrogens is 3. The first-order valence-corrected chi connectivity index (χ1v) is 12.9. The van der Waals surface area contributed by atoms with Gasteiger partial charge >= 0.3 is 6.03 Å². The molecule has 1 aliphatic rings. The number of nitrogens with zero attached hydrogens (tertiary/aromatic N) is 3. The normalized spacial score (nSPS) is 14.1. The molecule has 3 rings (SSSR count). The van der Waals surface area contributed by atoms with E-state index >= 15 is 0 Å². The summed E-state index contributed by atoms with van der Waals surface area (Å²) in [6.45, 7) is 6.40. The molecule has 1 aliphatic carbocycles. The van der Waals surface area contributed by atoms with E-state index in [4.69, 9.17) is 15.5 Å². The van der Waals surface area contributed by atoms with Crippen LogP contribution in [0.5, 0.6) is 0 Å². The fourth-order valence-corrected chi connectivity index (χ4v) is 4.35. The quantitative estimate of drug-likeness (QED) is 0.339. The number of nitrogens with two attached hydrogens (primary N) is 1. The lowest BCUT2D eigenvalue weighted by molar-refractivity contribution is 0.128. The highest BCUT2D eigenvalue weighted by atomic mass is 16.5. The molecule has 0 unspecified atom stereocenters. The van der Waals surface area contributed by atoms with Crippen LogP contribution < -0.4 is 16.4 Å². The number of imidazole rings is 1. The Morgan fingerprint density at radius 2 is 2.06 bits per heavy atom. The molecule has 0 saturated heterocycles. The third kappa shape index (κ3) is 7.36. The molecule has 0 spiro atoms.